The second-order valence-corrected chi connectivity index (χ2v) is 3.36. The molecule has 0 aromatic carbocycles. The fraction of sp³-hybridized carbons (Fsp3) is 0.429. The van der Waals surface area contributed by atoms with Gasteiger partial charge in [0.25, 0.3) is 0 Å². The van der Waals surface area contributed by atoms with E-state index in [9.17, 15) is 0 Å². The van der Waals surface area contributed by atoms with Crippen LogP contribution in [0, 0.1) is 11.8 Å². The van der Waals surface area contributed by atoms with Crippen molar-refractivity contribution in [3.8, 4) is 0 Å². The van der Waals surface area contributed by atoms with Gasteiger partial charge in [0.2, 0.25) is 0 Å². The molecule has 2 aliphatic carbocycles. The Labute approximate surface area is 83.6 Å². The molecule has 0 amide bonds. The third kappa shape index (κ3) is 1.64. The maximum atomic E-state index is 2.98. The summed E-state index contributed by atoms with van der Waals surface area (Å²) in [5, 5.41) is 0. The first-order valence-electron chi connectivity index (χ1n) is 2.89. The van der Waals surface area contributed by atoms with Crippen molar-refractivity contribution in [1.29, 1.82) is 0 Å². The van der Waals surface area contributed by atoms with E-state index in [0.29, 0.717) is 0 Å². The van der Waals surface area contributed by atoms with Crippen LogP contribution >= 0.6 is 0 Å². The first kappa shape index (κ1) is 10.7. The molecule has 10 heavy (non-hydrogen) atoms. The summed E-state index contributed by atoms with van der Waals surface area (Å²) in [6, 6.07) is 0. The minimum atomic E-state index is 0. The van der Waals surface area contributed by atoms with Crippen molar-refractivity contribution in [3.05, 3.63) is 22.4 Å². The van der Waals surface area contributed by atoms with Gasteiger partial charge in [0.1, 0.15) is 0 Å². The van der Waals surface area contributed by atoms with Crippen molar-refractivity contribution in [2.45, 2.75) is 6.42 Å². The van der Waals surface area contributed by atoms with Crippen molar-refractivity contribution < 1.29 is 43.1 Å². The fourth-order valence-corrected chi connectivity index (χ4v) is 2.07. The molecule has 0 N–H and O–H groups in total. The van der Waals surface area contributed by atoms with E-state index in [0.717, 1.165) is 11.8 Å². The van der Waals surface area contributed by atoms with Crippen LogP contribution in [0.1, 0.15) is 6.42 Å². The summed E-state index contributed by atoms with van der Waals surface area (Å²) in [6.07, 6.45) is 8.28. The molecular weight excluding hydrogens is 258 g/mol. The molecule has 2 rings (SSSR count). The zero-order chi connectivity index (χ0) is 5.56. The van der Waals surface area contributed by atoms with Crippen molar-refractivity contribution in [1.82, 2.24) is 0 Å². The molecule has 2 unspecified atom stereocenters. The van der Waals surface area contributed by atoms with Gasteiger partial charge in [-0.1, -0.05) is 0 Å². The fourth-order valence-electron chi connectivity index (χ4n) is 1.36. The van der Waals surface area contributed by atoms with Gasteiger partial charge in [-0.05, 0) is 0 Å². The maximum absolute atomic E-state index is 2.98. The van der Waals surface area contributed by atoms with E-state index >= 15 is 0 Å². The van der Waals surface area contributed by atoms with Gasteiger partial charge in [-0.2, -0.15) is 0 Å². The molecule has 0 heterocycles. The topological polar surface area (TPSA) is 0 Å². The molecule has 2 atom stereocenters. The normalized spacial score (nSPS) is 32.7. The van der Waals surface area contributed by atoms with Gasteiger partial charge in [0, 0.05) is 0 Å². The molecule has 0 aliphatic heterocycles. The summed E-state index contributed by atoms with van der Waals surface area (Å²) >= 11 is 2.98. The van der Waals surface area contributed by atoms with Crippen LogP contribution in [0.25, 0.3) is 0 Å². The number of allylic oxidation sites excluding steroid dienone is 4. The van der Waals surface area contributed by atoms with Gasteiger partial charge in [0.15, 0.2) is 0 Å². The summed E-state index contributed by atoms with van der Waals surface area (Å²) in [5.41, 5.74) is 0. The van der Waals surface area contributed by atoms with E-state index in [-0.39, 0.29) is 24.8 Å². The van der Waals surface area contributed by atoms with Crippen LogP contribution in [-0.2, 0) is 18.3 Å². The third-order valence-electron chi connectivity index (χ3n) is 1.82. The van der Waals surface area contributed by atoms with E-state index in [2.05, 4.69) is 36.5 Å². The first-order valence-corrected chi connectivity index (χ1v) is 3.71. The SMILES string of the molecule is [Cl-].[Cl-].[Rh+2][C]1=CC2C=CC1C2. The number of rotatable bonds is 0. The van der Waals surface area contributed by atoms with Crippen LogP contribution in [0.5, 0.6) is 0 Å². The van der Waals surface area contributed by atoms with Crippen molar-refractivity contribution in [3.63, 3.8) is 0 Å². The Morgan fingerprint density at radius 2 is 2.00 bits per heavy atom. The van der Waals surface area contributed by atoms with Crippen molar-refractivity contribution >= 4 is 0 Å². The molecule has 0 fully saturated rings. The Balaban J connectivity index is 0.000000405. The molecule has 2 bridgehead atoms. The van der Waals surface area contributed by atoms with Gasteiger partial charge in [-0.15, -0.1) is 0 Å². The van der Waals surface area contributed by atoms with Crippen molar-refractivity contribution in [2.75, 3.05) is 0 Å². The van der Waals surface area contributed by atoms with Crippen LogP contribution in [0.15, 0.2) is 22.4 Å². The standard InChI is InChI=1S/C7H7.2ClH.Rh/c1-2-7-4-3-6(1)5-7;;;/h1-3,6-7H,5H2;2*1H;/q;;;+2/p-2. The predicted octanol–water partition coefficient (Wildman–Crippen LogP) is -4.37. The van der Waals surface area contributed by atoms with Crippen LogP contribution < -0.4 is 24.8 Å². The molecule has 0 spiro atoms. The quantitative estimate of drug-likeness (QED) is 0.307. The van der Waals surface area contributed by atoms with E-state index in [1.807, 2.05) is 0 Å². The molecule has 0 saturated carbocycles. The number of hydrogen-bond acceptors (Lipinski definition) is 0. The molecule has 0 aromatic heterocycles. The van der Waals surface area contributed by atoms with Gasteiger partial charge in [-0.25, -0.2) is 0 Å². The summed E-state index contributed by atoms with van der Waals surface area (Å²) in [4.78, 5) is 0. The van der Waals surface area contributed by atoms with Gasteiger partial charge < -0.3 is 24.8 Å². The van der Waals surface area contributed by atoms with Gasteiger partial charge >= 0.3 is 59.0 Å². The number of halogens is 2. The number of hydrogen-bond donors (Lipinski definition) is 0. The molecule has 0 saturated heterocycles. The van der Waals surface area contributed by atoms with Crippen LogP contribution in [0.3, 0.4) is 0 Å². The zero-order valence-electron chi connectivity index (χ0n) is 5.18. The summed E-state index contributed by atoms with van der Waals surface area (Å²) < 4.78 is 1.47. The van der Waals surface area contributed by atoms with E-state index in [1.54, 1.807) is 0 Å². The second-order valence-electron chi connectivity index (χ2n) is 2.42. The Hall–Kier alpha value is 0.683. The van der Waals surface area contributed by atoms with Crippen molar-refractivity contribution in [2.24, 2.45) is 11.8 Å². The Morgan fingerprint density at radius 1 is 1.30 bits per heavy atom. The van der Waals surface area contributed by atoms with E-state index in [1.165, 1.54) is 10.6 Å². The van der Waals surface area contributed by atoms with E-state index < -0.39 is 0 Å². The predicted molar refractivity (Wildman–Crippen MR) is 28.8 cm³/mol. The molecule has 3 heteroatoms. The monoisotopic (exact) mass is 264 g/mol. The summed E-state index contributed by atoms with van der Waals surface area (Å²) in [6.45, 7) is 0. The van der Waals surface area contributed by atoms with Gasteiger partial charge in [0.05, 0.1) is 0 Å². The Morgan fingerprint density at radius 3 is 2.20 bits per heavy atom. The minimum absolute atomic E-state index is 0. The molecule has 0 aromatic rings. The van der Waals surface area contributed by atoms with Gasteiger partial charge in [-0.3, -0.25) is 0 Å². The first-order chi connectivity index (χ1) is 3.86. The Bertz CT molecular complexity index is 174. The summed E-state index contributed by atoms with van der Waals surface area (Å²) in [5.74, 6) is 1.55. The summed E-state index contributed by atoms with van der Waals surface area (Å²) in [7, 11) is 0. The third-order valence-corrected chi connectivity index (χ3v) is 2.70. The van der Waals surface area contributed by atoms with Crippen LogP contribution in [0.2, 0.25) is 0 Å². The molecule has 0 nitrogen and oxygen atoms in total. The molecule has 58 valence electrons. The average molecular weight is 265 g/mol. The second kappa shape index (κ2) is 3.90. The zero-order valence-corrected chi connectivity index (χ0v) is 8.33. The Kier molecular flexibility index (Phi) is 4.17. The van der Waals surface area contributed by atoms with E-state index in [4.69, 9.17) is 0 Å². The molecular formula is C7H7Cl2Rh. The number of fused-ring (bicyclic) bond motifs is 2. The van der Waals surface area contributed by atoms with Crippen LogP contribution in [-0.4, -0.2) is 0 Å². The molecule has 0 radical (unpaired) electrons. The average Bonchev–Trinajstić information content (AvgIpc) is 2.23. The molecule has 2 aliphatic rings. The van der Waals surface area contributed by atoms with Crippen LogP contribution in [0.4, 0.5) is 0 Å².